The van der Waals surface area contributed by atoms with Crippen LogP contribution in [0.1, 0.15) is 34.1 Å². The summed E-state index contributed by atoms with van der Waals surface area (Å²) < 4.78 is 18.3. The maximum absolute atomic E-state index is 12.8. The normalized spacial score (nSPS) is 14.4. The van der Waals surface area contributed by atoms with Crippen molar-refractivity contribution in [1.82, 2.24) is 5.32 Å². The van der Waals surface area contributed by atoms with Gasteiger partial charge in [-0.25, -0.2) is 4.39 Å². The third kappa shape index (κ3) is 5.71. The number of carbonyl (C=O) groups excluding carboxylic acids is 1. The third-order valence-corrected chi connectivity index (χ3v) is 3.28. The van der Waals surface area contributed by atoms with Crippen LogP contribution in [0.5, 0.6) is 5.75 Å². The Morgan fingerprint density at radius 1 is 1.33 bits per heavy atom. The smallest absolute Gasteiger partial charge is 0.261 e. The molecule has 0 fully saturated rings. The maximum Gasteiger partial charge on any atom is 0.261 e. The van der Waals surface area contributed by atoms with Gasteiger partial charge in [-0.2, -0.15) is 0 Å². The Hall–Kier alpha value is -1.62. The predicted octanol–water partition coefficient (Wildman–Crippen LogP) is 2.51. The van der Waals surface area contributed by atoms with E-state index in [4.69, 9.17) is 9.84 Å². The quantitative estimate of drug-likeness (QED) is 0.848. The molecule has 0 saturated carbocycles. The van der Waals surface area contributed by atoms with Crippen LogP contribution in [0.3, 0.4) is 0 Å². The molecule has 1 rings (SSSR count). The number of hydrogen-bond acceptors (Lipinski definition) is 3. The van der Waals surface area contributed by atoms with E-state index in [0.29, 0.717) is 12.2 Å². The fraction of sp³-hybridized carbons (Fsp3) is 0.562. The lowest BCUT2D eigenvalue weighted by molar-refractivity contribution is -0.128. The number of rotatable bonds is 6. The van der Waals surface area contributed by atoms with Crippen molar-refractivity contribution in [1.29, 1.82) is 0 Å². The van der Waals surface area contributed by atoms with Crippen LogP contribution < -0.4 is 10.1 Å². The molecule has 0 aliphatic rings. The predicted molar refractivity (Wildman–Crippen MR) is 79.6 cm³/mol. The summed E-state index contributed by atoms with van der Waals surface area (Å²) in [5.74, 6) is -0.170. The largest absolute Gasteiger partial charge is 0.481 e. The van der Waals surface area contributed by atoms with E-state index in [2.05, 4.69) is 5.32 Å². The van der Waals surface area contributed by atoms with Gasteiger partial charge in [0.1, 0.15) is 11.6 Å². The summed E-state index contributed by atoms with van der Waals surface area (Å²) in [6, 6.07) is 5.38. The average molecular weight is 297 g/mol. The van der Waals surface area contributed by atoms with Gasteiger partial charge in [-0.3, -0.25) is 4.79 Å². The highest BCUT2D eigenvalue weighted by Crippen LogP contribution is 2.22. The van der Waals surface area contributed by atoms with Crippen LogP contribution in [0.15, 0.2) is 24.3 Å². The van der Waals surface area contributed by atoms with E-state index in [1.54, 1.807) is 6.92 Å². The molecule has 0 heterocycles. The van der Waals surface area contributed by atoms with Gasteiger partial charge in [0.25, 0.3) is 5.91 Å². The van der Waals surface area contributed by atoms with E-state index in [1.165, 1.54) is 24.3 Å². The number of aliphatic hydroxyl groups excluding tert-OH is 1. The highest BCUT2D eigenvalue weighted by atomic mass is 19.1. The molecule has 5 heteroatoms. The summed E-state index contributed by atoms with van der Waals surface area (Å²) in [5, 5.41) is 12.0. The zero-order chi connectivity index (χ0) is 16.0. The molecule has 0 aliphatic heterocycles. The molecule has 2 unspecified atom stereocenters. The maximum atomic E-state index is 12.8. The Bertz CT molecular complexity index is 454. The first-order valence-electron chi connectivity index (χ1n) is 7.07. The summed E-state index contributed by atoms with van der Waals surface area (Å²) in [7, 11) is 0. The number of benzene rings is 1. The van der Waals surface area contributed by atoms with Crippen molar-refractivity contribution in [2.45, 2.75) is 46.3 Å². The van der Waals surface area contributed by atoms with Gasteiger partial charge in [0, 0.05) is 12.6 Å². The van der Waals surface area contributed by atoms with Gasteiger partial charge >= 0.3 is 0 Å². The molecule has 0 bridgehead atoms. The van der Waals surface area contributed by atoms with Crippen LogP contribution in [0, 0.1) is 11.2 Å². The molecule has 1 aromatic rings. The first-order chi connectivity index (χ1) is 9.74. The van der Waals surface area contributed by atoms with Gasteiger partial charge in [-0.15, -0.1) is 0 Å². The monoisotopic (exact) mass is 297 g/mol. The lowest BCUT2D eigenvalue weighted by atomic mass is 9.85. The van der Waals surface area contributed by atoms with E-state index in [0.717, 1.165) is 0 Å². The minimum atomic E-state index is -0.695. The Morgan fingerprint density at radius 3 is 2.38 bits per heavy atom. The van der Waals surface area contributed by atoms with Gasteiger partial charge in [0.15, 0.2) is 6.10 Å². The summed E-state index contributed by atoms with van der Waals surface area (Å²) in [4.78, 5) is 12.2. The van der Waals surface area contributed by atoms with E-state index in [-0.39, 0.29) is 29.8 Å². The average Bonchev–Trinajstić information content (AvgIpc) is 2.39. The van der Waals surface area contributed by atoms with E-state index in [9.17, 15) is 9.18 Å². The first-order valence-corrected chi connectivity index (χ1v) is 7.07. The Balaban J connectivity index is 2.62. The van der Waals surface area contributed by atoms with Crippen molar-refractivity contribution in [2.24, 2.45) is 5.41 Å². The molecule has 0 radical (unpaired) electrons. The van der Waals surface area contributed by atoms with Crippen LogP contribution in [0.25, 0.3) is 0 Å². The number of halogens is 1. The molecule has 1 amide bonds. The first kappa shape index (κ1) is 17.4. The van der Waals surface area contributed by atoms with Gasteiger partial charge in [0.2, 0.25) is 0 Å². The van der Waals surface area contributed by atoms with Gasteiger partial charge in [-0.1, -0.05) is 20.8 Å². The standard InChI is InChI=1S/C16H24FNO3/c1-11(21-13-7-5-12(17)6-8-13)15(20)18-14(9-10-19)16(2,3)4/h5-8,11,14,19H,9-10H2,1-4H3,(H,18,20). The fourth-order valence-electron chi connectivity index (χ4n) is 1.91. The fourth-order valence-corrected chi connectivity index (χ4v) is 1.91. The SMILES string of the molecule is CC(Oc1ccc(F)cc1)C(=O)NC(CCO)C(C)(C)C. The molecule has 0 spiro atoms. The number of carbonyl (C=O) groups is 1. The van der Waals surface area contributed by atoms with Crippen LogP contribution in [0.2, 0.25) is 0 Å². The molecule has 0 aliphatic carbocycles. The minimum Gasteiger partial charge on any atom is -0.481 e. The molecule has 0 saturated heterocycles. The number of hydrogen-bond donors (Lipinski definition) is 2. The summed E-state index contributed by atoms with van der Waals surface area (Å²) >= 11 is 0. The van der Waals surface area contributed by atoms with E-state index in [1.807, 2.05) is 20.8 Å². The van der Waals surface area contributed by atoms with Crippen LogP contribution in [-0.2, 0) is 4.79 Å². The molecule has 2 N–H and O–H groups in total. The van der Waals surface area contributed by atoms with Crippen LogP contribution in [0.4, 0.5) is 4.39 Å². The van der Waals surface area contributed by atoms with Gasteiger partial charge < -0.3 is 15.2 Å². The Kier molecular flexibility index (Phi) is 6.15. The Morgan fingerprint density at radius 2 is 1.90 bits per heavy atom. The molecule has 21 heavy (non-hydrogen) atoms. The van der Waals surface area contributed by atoms with Crippen molar-refractivity contribution < 1.29 is 19.0 Å². The second kappa shape index (κ2) is 7.41. The van der Waals surface area contributed by atoms with Crippen molar-refractivity contribution in [3.8, 4) is 5.75 Å². The molecule has 2 atom stereocenters. The highest BCUT2D eigenvalue weighted by molar-refractivity contribution is 5.81. The molecular weight excluding hydrogens is 273 g/mol. The number of ether oxygens (including phenoxy) is 1. The minimum absolute atomic E-state index is 0.00934. The number of aliphatic hydroxyl groups is 1. The van der Waals surface area contributed by atoms with Crippen LogP contribution in [-0.4, -0.2) is 29.8 Å². The summed E-state index contributed by atoms with van der Waals surface area (Å²) in [5.41, 5.74) is -0.159. The zero-order valence-electron chi connectivity index (χ0n) is 13.0. The summed E-state index contributed by atoms with van der Waals surface area (Å²) in [6.07, 6.45) is -0.211. The highest BCUT2D eigenvalue weighted by Gasteiger charge is 2.27. The molecule has 118 valence electrons. The zero-order valence-corrected chi connectivity index (χ0v) is 13.0. The number of nitrogens with one attached hydrogen (secondary N) is 1. The molecule has 1 aromatic carbocycles. The van der Waals surface area contributed by atoms with Gasteiger partial charge in [0.05, 0.1) is 0 Å². The molecule has 0 aromatic heterocycles. The Labute approximate surface area is 125 Å². The van der Waals surface area contributed by atoms with Crippen molar-refractivity contribution >= 4 is 5.91 Å². The molecular formula is C16H24FNO3. The van der Waals surface area contributed by atoms with Crippen molar-refractivity contribution in [3.05, 3.63) is 30.1 Å². The van der Waals surface area contributed by atoms with Crippen molar-refractivity contribution in [3.63, 3.8) is 0 Å². The third-order valence-electron chi connectivity index (χ3n) is 3.28. The summed E-state index contributed by atoms with van der Waals surface area (Å²) in [6.45, 7) is 7.64. The number of amides is 1. The topological polar surface area (TPSA) is 58.6 Å². The lowest BCUT2D eigenvalue weighted by Crippen LogP contribution is -2.48. The van der Waals surface area contributed by atoms with E-state index >= 15 is 0 Å². The van der Waals surface area contributed by atoms with Gasteiger partial charge in [-0.05, 0) is 43.0 Å². The second-order valence-corrected chi connectivity index (χ2v) is 6.15. The second-order valence-electron chi connectivity index (χ2n) is 6.15. The van der Waals surface area contributed by atoms with Crippen molar-refractivity contribution in [2.75, 3.05) is 6.61 Å². The van der Waals surface area contributed by atoms with E-state index < -0.39 is 6.10 Å². The lowest BCUT2D eigenvalue weighted by Gasteiger charge is -2.32. The molecule has 4 nitrogen and oxygen atoms in total. The van der Waals surface area contributed by atoms with Crippen LogP contribution >= 0.6 is 0 Å².